The van der Waals surface area contributed by atoms with Gasteiger partial charge >= 0.3 is 0 Å². The second kappa shape index (κ2) is 3.53. The van der Waals surface area contributed by atoms with Crippen LogP contribution >= 0.6 is 11.6 Å². The van der Waals surface area contributed by atoms with Crippen LogP contribution in [0.3, 0.4) is 0 Å². The normalized spacial score (nSPS) is 16.3. The first-order valence-corrected chi connectivity index (χ1v) is 3.35. The molecule has 0 radical (unpaired) electrons. The van der Waals surface area contributed by atoms with E-state index in [4.69, 9.17) is 11.6 Å². The highest BCUT2D eigenvalue weighted by molar-refractivity contribution is 6.64. The minimum absolute atomic E-state index is 0.160. The van der Waals surface area contributed by atoms with Crippen molar-refractivity contribution in [3.05, 3.63) is 0 Å². The summed E-state index contributed by atoms with van der Waals surface area (Å²) in [4.78, 5) is 14.2. The van der Waals surface area contributed by atoms with E-state index < -0.39 is 0 Å². The molecule has 0 aromatic carbocycles. The predicted octanol–water partition coefficient (Wildman–Crippen LogP) is -0.400. The lowest BCUT2D eigenvalue weighted by Gasteiger charge is -2.12. The van der Waals surface area contributed by atoms with Crippen LogP contribution in [0, 0.1) is 0 Å². The molecule has 0 atom stereocenters. The van der Waals surface area contributed by atoms with Crippen LogP contribution in [0.25, 0.3) is 0 Å². The minimum atomic E-state index is -0.389. The highest BCUT2D eigenvalue weighted by atomic mass is 35.5. The molecule has 0 spiro atoms. The second-order valence-corrected chi connectivity index (χ2v) is 2.33. The van der Waals surface area contributed by atoms with Crippen LogP contribution in [0.2, 0.25) is 0 Å². The van der Waals surface area contributed by atoms with Crippen LogP contribution in [-0.2, 0) is 4.79 Å². The Morgan fingerprint density at radius 3 is 3.20 bits per heavy atom. The fourth-order valence-corrected chi connectivity index (χ4v) is 0.723. The van der Waals surface area contributed by atoms with E-state index in [-0.39, 0.29) is 11.8 Å². The van der Waals surface area contributed by atoms with Crippen molar-refractivity contribution in [2.75, 3.05) is 19.6 Å². The number of hydrazine groups is 1. The molecule has 1 heterocycles. The van der Waals surface area contributed by atoms with Crippen molar-refractivity contribution in [3.63, 3.8) is 0 Å². The van der Waals surface area contributed by atoms with E-state index in [0.29, 0.717) is 0 Å². The minimum Gasteiger partial charge on any atom is -0.296 e. The van der Waals surface area contributed by atoms with Gasteiger partial charge in [0.25, 0.3) is 0 Å². The van der Waals surface area contributed by atoms with Gasteiger partial charge in [0.1, 0.15) is 0 Å². The van der Waals surface area contributed by atoms with Gasteiger partial charge in [0.2, 0.25) is 5.24 Å². The highest BCUT2D eigenvalue weighted by Crippen LogP contribution is 1.87. The SMILES string of the molecule is O=C(Cl)CNN1C=NCC1. The number of carbonyl (C=O) groups excluding carboxylic acids is 1. The Labute approximate surface area is 63.8 Å². The number of nitrogens with one attached hydrogen (secondary N) is 1. The highest BCUT2D eigenvalue weighted by Gasteiger charge is 2.04. The van der Waals surface area contributed by atoms with Gasteiger partial charge in [0.15, 0.2) is 0 Å². The van der Waals surface area contributed by atoms with E-state index in [0.717, 1.165) is 13.1 Å². The van der Waals surface area contributed by atoms with Crippen LogP contribution in [-0.4, -0.2) is 36.2 Å². The van der Waals surface area contributed by atoms with Gasteiger partial charge in [-0.05, 0) is 11.6 Å². The van der Waals surface area contributed by atoms with E-state index in [1.165, 1.54) is 0 Å². The summed E-state index contributed by atoms with van der Waals surface area (Å²) >= 11 is 5.08. The molecule has 4 nitrogen and oxygen atoms in total. The summed E-state index contributed by atoms with van der Waals surface area (Å²) in [5.41, 5.74) is 2.78. The Balaban J connectivity index is 2.13. The van der Waals surface area contributed by atoms with Crippen molar-refractivity contribution >= 4 is 23.2 Å². The van der Waals surface area contributed by atoms with Crippen molar-refractivity contribution in [3.8, 4) is 0 Å². The van der Waals surface area contributed by atoms with Gasteiger partial charge in [-0.15, -0.1) is 0 Å². The third kappa shape index (κ3) is 2.33. The van der Waals surface area contributed by atoms with Crippen molar-refractivity contribution in [1.29, 1.82) is 0 Å². The molecule has 10 heavy (non-hydrogen) atoms. The number of halogens is 1. The van der Waals surface area contributed by atoms with Gasteiger partial charge in [-0.25, -0.2) is 5.43 Å². The third-order valence-corrected chi connectivity index (χ3v) is 1.25. The lowest BCUT2D eigenvalue weighted by Crippen LogP contribution is -2.37. The summed E-state index contributed by atoms with van der Waals surface area (Å²) in [6.45, 7) is 1.75. The monoisotopic (exact) mass is 161 g/mol. The first-order valence-electron chi connectivity index (χ1n) is 2.97. The van der Waals surface area contributed by atoms with Gasteiger partial charge in [0, 0.05) is 0 Å². The first-order chi connectivity index (χ1) is 4.79. The molecule has 1 N–H and O–H groups in total. The zero-order valence-corrected chi connectivity index (χ0v) is 6.14. The molecule has 0 saturated heterocycles. The summed E-state index contributed by atoms with van der Waals surface area (Å²) in [6, 6.07) is 0. The fraction of sp³-hybridized carbons (Fsp3) is 0.600. The van der Waals surface area contributed by atoms with E-state index in [2.05, 4.69) is 10.4 Å². The Hall–Kier alpha value is -0.610. The number of hydrogen-bond donors (Lipinski definition) is 1. The molecule has 0 aromatic heterocycles. The second-order valence-electron chi connectivity index (χ2n) is 1.91. The van der Waals surface area contributed by atoms with Gasteiger partial charge in [0.05, 0.1) is 26.0 Å². The molecule has 56 valence electrons. The quantitative estimate of drug-likeness (QED) is 0.573. The third-order valence-electron chi connectivity index (χ3n) is 1.11. The Morgan fingerprint density at radius 1 is 1.90 bits per heavy atom. The molecule has 1 aliphatic rings. The smallest absolute Gasteiger partial charge is 0.237 e. The molecule has 0 aliphatic carbocycles. The van der Waals surface area contributed by atoms with E-state index in [1.54, 1.807) is 11.3 Å². The maximum absolute atomic E-state index is 10.2. The molecule has 0 bridgehead atoms. The largest absolute Gasteiger partial charge is 0.296 e. The molecule has 0 unspecified atom stereocenters. The summed E-state index contributed by atoms with van der Waals surface area (Å²) in [5, 5.41) is 1.35. The van der Waals surface area contributed by atoms with Crippen molar-refractivity contribution in [1.82, 2.24) is 10.4 Å². The zero-order chi connectivity index (χ0) is 7.40. The number of hydrogen-bond acceptors (Lipinski definition) is 4. The molecular weight excluding hydrogens is 154 g/mol. The molecule has 0 fully saturated rings. The summed E-state index contributed by atoms with van der Waals surface area (Å²) < 4.78 is 0. The van der Waals surface area contributed by atoms with E-state index in [1.807, 2.05) is 0 Å². The fourth-order valence-electron chi connectivity index (χ4n) is 0.663. The van der Waals surface area contributed by atoms with Crippen LogP contribution in [0.1, 0.15) is 0 Å². The zero-order valence-electron chi connectivity index (χ0n) is 5.38. The topological polar surface area (TPSA) is 44.7 Å². The standard InChI is InChI=1S/C5H8ClN3O/c6-5(10)3-8-9-2-1-7-4-9/h4,8H,1-3H2. The lowest BCUT2D eigenvalue weighted by molar-refractivity contribution is -0.111. The molecule has 0 aromatic rings. The maximum atomic E-state index is 10.2. The molecule has 1 rings (SSSR count). The van der Waals surface area contributed by atoms with Crippen LogP contribution in [0.4, 0.5) is 0 Å². The summed E-state index contributed by atoms with van der Waals surface area (Å²) in [7, 11) is 0. The van der Waals surface area contributed by atoms with E-state index in [9.17, 15) is 4.79 Å². The Morgan fingerprint density at radius 2 is 2.70 bits per heavy atom. The molecule has 1 aliphatic heterocycles. The van der Waals surface area contributed by atoms with Gasteiger partial charge in [-0.3, -0.25) is 14.8 Å². The van der Waals surface area contributed by atoms with Crippen LogP contribution < -0.4 is 5.43 Å². The maximum Gasteiger partial charge on any atom is 0.237 e. The van der Waals surface area contributed by atoms with Gasteiger partial charge in [-0.2, -0.15) is 0 Å². The Bertz CT molecular complexity index is 159. The van der Waals surface area contributed by atoms with Gasteiger partial charge in [-0.1, -0.05) is 0 Å². The number of nitrogens with zero attached hydrogens (tertiary/aromatic N) is 2. The van der Waals surface area contributed by atoms with Crippen molar-refractivity contribution in [2.24, 2.45) is 4.99 Å². The molecule has 0 saturated carbocycles. The summed E-state index contributed by atoms with van der Waals surface area (Å²) in [6.07, 6.45) is 1.65. The number of carbonyl (C=O) groups is 1. The molecule has 0 amide bonds. The Kier molecular flexibility index (Phi) is 2.65. The van der Waals surface area contributed by atoms with Gasteiger partial charge < -0.3 is 0 Å². The molecule has 5 heteroatoms. The molecular formula is C5H8ClN3O. The van der Waals surface area contributed by atoms with E-state index >= 15 is 0 Å². The summed E-state index contributed by atoms with van der Waals surface area (Å²) in [5.74, 6) is 0. The van der Waals surface area contributed by atoms with Crippen molar-refractivity contribution < 1.29 is 4.79 Å². The average Bonchev–Trinajstić information content (AvgIpc) is 2.34. The van der Waals surface area contributed by atoms with Crippen LogP contribution in [0.15, 0.2) is 4.99 Å². The van der Waals surface area contributed by atoms with Crippen LogP contribution in [0.5, 0.6) is 0 Å². The average molecular weight is 162 g/mol. The number of aliphatic imine (C=N–C) groups is 1. The van der Waals surface area contributed by atoms with Crippen molar-refractivity contribution in [2.45, 2.75) is 0 Å². The first kappa shape index (κ1) is 7.50. The predicted molar refractivity (Wildman–Crippen MR) is 38.9 cm³/mol. The lowest BCUT2D eigenvalue weighted by atomic mass is 10.7. The number of rotatable bonds is 3.